The van der Waals surface area contributed by atoms with Crippen LogP contribution in [0.25, 0.3) is 55.7 Å². The van der Waals surface area contributed by atoms with Gasteiger partial charge >= 0.3 is 0 Å². The molecule has 1 amide bonds. The zero-order chi connectivity index (χ0) is 24.6. The molecule has 7 heteroatoms. The first-order valence-corrected chi connectivity index (χ1v) is 11.9. The number of rotatable bonds is 5. The SMILES string of the molecule is CCC(=O)Nc1cncc(-c2ccc3[nH]nc(-c4nc5c(-c6ccccc6C)cccc5[nH]4)c3c2)c1. The van der Waals surface area contributed by atoms with Crippen molar-refractivity contribution in [1.29, 1.82) is 0 Å². The first-order chi connectivity index (χ1) is 17.6. The second-order valence-electron chi connectivity index (χ2n) is 8.80. The van der Waals surface area contributed by atoms with Gasteiger partial charge in [0, 0.05) is 29.1 Å². The molecule has 0 unspecified atom stereocenters. The summed E-state index contributed by atoms with van der Waals surface area (Å²) in [7, 11) is 0. The Balaban J connectivity index is 1.44. The van der Waals surface area contributed by atoms with E-state index in [0.29, 0.717) is 17.9 Å². The largest absolute Gasteiger partial charge is 0.337 e. The predicted molar refractivity (Wildman–Crippen MR) is 144 cm³/mol. The predicted octanol–water partition coefficient (Wildman–Crippen LogP) is 6.49. The van der Waals surface area contributed by atoms with Crippen LogP contribution in [0.5, 0.6) is 0 Å². The van der Waals surface area contributed by atoms with Gasteiger partial charge in [0.2, 0.25) is 5.91 Å². The highest BCUT2D eigenvalue weighted by Crippen LogP contribution is 2.34. The summed E-state index contributed by atoms with van der Waals surface area (Å²) in [6.07, 6.45) is 3.86. The number of fused-ring (bicyclic) bond motifs is 2. The van der Waals surface area contributed by atoms with E-state index in [1.165, 1.54) is 5.56 Å². The van der Waals surface area contributed by atoms with Gasteiger partial charge in [-0.25, -0.2) is 4.98 Å². The van der Waals surface area contributed by atoms with Crippen LogP contribution in [0, 0.1) is 6.92 Å². The van der Waals surface area contributed by atoms with Crippen molar-refractivity contribution >= 4 is 33.5 Å². The maximum absolute atomic E-state index is 11.8. The number of H-pyrrole nitrogens is 2. The number of anilines is 1. The molecule has 0 atom stereocenters. The third-order valence-electron chi connectivity index (χ3n) is 6.41. The smallest absolute Gasteiger partial charge is 0.224 e. The van der Waals surface area contributed by atoms with E-state index in [0.717, 1.165) is 49.9 Å². The van der Waals surface area contributed by atoms with Crippen molar-refractivity contribution in [2.45, 2.75) is 20.3 Å². The molecule has 6 aromatic rings. The van der Waals surface area contributed by atoms with Gasteiger partial charge in [0.1, 0.15) is 5.69 Å². The summed E-state index contributed by atoms with van der Waals surface area (Å²) in [5, 5.41) is 11.5. The van der Waals surface area contributed by atoms with Crippen LogP contribution in [0.3, 0.4) is 0 Å². The first-order valence-electron chi connectivity index (χ1n) is 11.9. The average molecular weight is 473 g/mol. The van der Waals surface area contributed by atoms with E-state index in [1.54, 1.807) is 12.4 Å². The molecule has 176 valence electrons. The number of amides is 1. The summed E-state index contributed by atoms with van der Waals surface area (Å²) in [5.41, 5.74) is 9.55. The Labute approximate surface area is 207 Å². The standard InChI is InChI=1S/C29H24N6O/c1-3-26(36)31-20-13-19(15-30-16-20)18-11-12-24-23(14-18)28(35-34-24)29-32-25-10-6-9-22(27(25)33-29)21-8-5-4-7-17(21)2/h4-16H,3H2,1-2H3,(H,31,36)(H,32,33)(H,34,35). The topological polar surface area (TPSA) is 99.3 Å². The van der Waals surface area contributed by atoms with E-state index >= 15 is 0 Å². The maximum Gasteiger partial charge on any atom is 0.224 e. The molecule has 0 saturated carbocycles. The van der Waals surface area contributed by atoms with E-state index in [1.807, 2.05) is 43.3 Å². The number of aromatic nitrogens is 5. The number of hydrogen-bond acceptors (Lipinski definition) is 4. The lowest BCUT2D eigenvalue weighted by Crippen LogP contribution is -2.09. The van der Waals surface area contributed by atoms with Gasteiger partial charge in [0.15, 0.2) is 5.82 Å². The lowest BCUT2D eigenvalue weighted by atomic mass is 9.99. The van der Waals surface area contributed by atoms with Crippen molar-refractivity contribution in [3.8, 4) is 33.8 Å². The summed E-state index contributed by atoms with van der Waals surface area (Å²) in [4.78, 5) is 24.6. The van der Waals surface area contributed by atoms with Crippen molar-refractivity contribution in [2.75, 3.05) is 5.32 Å². The Hall–Kier alpha value is -4.78. The Morgan fingerprint density at radius 1 is 0.917 bits per heavy atom. The minimum Gasteiger partial charge on any atom is -0.337 e. The highest BCUT2D eigenvalue weighted by molar-refractivity contribution is 5.99. The van der Waals surface area contributed by atoms with Crippen LogP contribution < -0.4 is 5.32 Å². The van der Waals surface area contributed by atoms with Gasteiger partial charge in [-0.3, -0.25) is 14.9 Å². The van der Waals surface area contributed by atoms with Crippen molar-refractivity contribution < 1.29 is 4.79 Å². The van der Waals surface area contributed by atoms with Crippen molar-refractivity contribution in [2.24, 2.45) is 0 Å². The highest BCUT2D eigenvalue weighted by Gasteiger charge is 2.16. The summed E-state index contributed by atoms with van der Waals surface area (Å²) in [6, 6.07) is 22.5. The van der Waals surface area contributed by atoms with E-state index < -0.39 is 0 Å². The molecule has 0 fully saturated rings. The lowest BCUT2D eigenvalue weighted by Gasteiger charge is -2.06. The van der Waals surface area contributed by atoms with E-state index in [-0.39, 0.29) is 5.91 Å². The maximum atomic E-state index is 11.8. The van der Waals surface area contributed by atoms with Crippen LogP contribution in [0.15, 0.2) is 79.1 Å². The number of para-hydroxylation sites is 1. The third kappa shape index (κ3) is 3.80. The van der Waals surface area contributed by atoms with Crippen LogP contribution in [0.4, 0.5) is 5.69 Å². The van der Waals surface area contributed by atoms with Crippen LogP contribution in [-0.4, -0.2) is 31.1 Å². The molecular formula is C29H24N6O. The molecule has 36 heavy (non-hydrogen) atoms. The minimum atomic E-state index is -0.0449. The van der Waals surface area contributed by atoms with Gasteiger partial charge in [-0.15, -0.1) is 0 Å². The van der Waals surface area contributed by atoms with E-state index in [2.05, 4.69) is 62.7 Å². The van der Waals surface area contributed by atoms with Crippen LogP contribution >= 0.6 is 0 Å². The number of aryl methyl sites for hydroxylation is 1. The second kappa shape index (κ2) is 8.78. The molecule has 0 bridgehead atoms. The number of carbonyl (C=O) groups excluding carboxylic acids is 1. The average Bonchev–Trinajstić information content (AvgIpc) is 3.52. The number of hydrogen-bond donors (Lipinski definition) is 3. The summed E-state index contributed by atoms with van der Waals surface area (Å²) < 4.78 is 0. The number of nitrogens with zero attached hydrogens (tertiary/aromatic N) is 3. The molecule has 3 aromatic heterocycles. The number of benzene rings is 3. The molecule has 6 rings (SSSR count). The van der Waals surface area contributed by atoms with Gasteiger partial charge in [0.25, 0.3) is 0 Å². The quantitative estimate of drug-likeness (QED) is 0.267. The van der Waals surface area contributed by atoms with Crippen molar-refractivity contribution in [3.05, 3.63) is 84.7 Å². The molecule has 0 aliphatic heterocycles. The molecule has 0 aliphatic carbocycles. The Morgan fingerprint density at radius 2 is 1.78 bits per heavy atom. The van der Waals surface area contributed by atoms with Gasteiger partial charge in [-0.05, 0) is 47.9 Å². The zero-order valence-electron chi connectivity index (χ0n) is 20.0. The monoisotopic (exact) mass is 472 g/mol. The van der Waals surface area contributed by atoms with Gasteiger partial charge < -0.3 is 10.3 Å². The fourth-order valence-corrected chi connectivity index (χ4v) is 4.53. The lowest BCUT2D eigenvalue weighted by molar-refractivity contribution is -0.115. The second-order valence-corrected chi connectivity index (χ2v) is 8.80. The molecule has 3 heterocycles. The molecule has 0 radical (unpaired) electrons. The highest BCUT2D eigenvalue weighted by atomic mass is 16.1. The third-order valence-corrected chi connectivity index (χ3v) is 6.41. The minimum absolute atomic E-state index is 0.0449. The van der Waals surface area contributed by atoms with Crippen molar-refractivity contribution in [3.63, 3.8) is 0 Å². The summed E-state index contributed by atoms with van der Waals surface area (Å²) in [6.45, 7) is 3.94. The van der Waals surface area contributed by atoms with E-state index in [9.17, 15) is 4.79 Å². The molecule has 7 nitrogen and oxygen atoms in total. The summed E-state index contributed by atoms with van der Waals surface area (Å²) >= 11 is 0. The zero-order valence-corrected chi connectivity index (χ0v) is 20.0. The Bertz CT molecular complexity index is 1750. The van der Waals surface area contributed by atoms with Gasteiger partial charge in [-0.1, -0.05) is 49.4 Å². The Kier molecular flexibility index (Phi) is 5.30. The number of carbonyl (C=O) groups is 1. The number of aromatic amines is 2. The van der Waals surface area contributed by atoms with E-state index in [4.69, 9.17) is 4.98 Å². The molecule has 3 N–H and O–H groups in total. The number of pyridine rings is 1. The normalized spacial score (nSPS) is 11.3. The van der Waals surface area contributed by atoms with Gasteiger partial charge in [0.05, 0.1) is 28.4 Å². The van der Waals surface area contributed by atoms with Crippen LogP contribution in [0.1, 0.15) is 18.9 Å². The molecule has 0 aliphatic rings. The fraction of sp³-hybridized carbons (Fsp3) is 0.103. The first kappa shape index (κ1) is 21.7. The fourth-order valence-electron chi connectivity index (χ4n) is 4.53. The molecule has 3 aromatic carbocycles. The molecule has 0 spiro atoms. The Morgan fingerprint density at radius 3 is 2.64 bits per heavy atom. The summed E-state index contributed by atoms with van der Waals surface area (Å²) in [5.74, 6) is 0.660. The van der Waals surface area contributed by atoms with Crippen LogP contribution in [-0.2, 0) is 4.79 Å². The van der Waals surface area contributed by atoms with Gasteiger partial charge in [-0.2, -0.15) is 5.10 Å². The van der Waals surface area contributed by atoms with Crippen LogP contribution in [0.2, 0.25) is 0 Å². The number of nitrogens with one attached hydrogen (secondary N) is 3. The van der Waals surface area contributed by atoms with Crippen molar-refractivity contribution in [1.82, 2.24) is 25.1 Å². The number of imidazole rings is 1. The molecular weight excluding hydrogens is 448 g/mol. The molecule has 0 saturated heterocycles.